The molecule has 9 heavy (non-hydrogen) atoms. The fraction of sp³-hybridized carbons (Fsp3) is 1.00. The minimum Gasteiger partial charge on any atom is -0.299 e. The topological polar surface area (TPSA) is 35.2 Å². The summed E-state index contributed by atoms with van der Waals surface area (Å²) in [4.78, 5) is 4.78. The molecule has 2 N–H and O–H groups in total. The summed E-state index contributed by atoms with van der Waals surface area (Å²) in [5.41, 5.74) is 0. The van der Waals surface area contributed by atoms with Crippen LogP contribution < -0.4 is 5.90 Å². The van der Waals surface area contributed by atoms with E-state index in [4.69, 9.17) is 10.7 Å². The van der Waals surface area contributed by atoms with Crippen molar-refractivity contribution in [3.63, 3.8) is 0 Å². The maximum Gasteiger partial charge on any atom is 0.103 e. The van der Waals surface area contributed by atoms with E-state index >= 15 is 0 Å². The van der Waals surface area contributed by atoms with Crippen LogP contribution in [0.1, 0.15) is 13.8 Å². The predicted octanol–water partition coefficient (Wildman–Crippen LogP) is 1.42. The second-order valence-electron chi connectivity index (χ2n) is 2.60. The van der Waals surface area contributed by atoms with Crippen molar-refractivity contribution in [2.24, 2.45) is 5.90 Å². The van der Waals surface area contributed by atoms with Crippen LogP contribution in [0.2, 0.25) is 0 Å². The van der Waals surface area contributed by atoms with E-state index in [-0.39, 0.29) is 10.9 Å². The molecule has 0 aliphatic carbocycles. The third-order valence-electron chi connectivity index (χ3n) is 1.43. The number of hydrogen-bond donors (Lipinski definition) is 1. The molecule has 0 radical (unpaired) electrons. The first kappa shape index (κ1) is 7.72. The Balaban J connectivity index is 2.52. The lowest BCUT2D eigenvalue weighted by Gasteiger charge is -2.21. The molecule has 0 bridgehead atoms. The van der Waals surface area contributed by atoms with E-state index in [0.29, 0.717) is 0 Å². The molecule has 0 spiro atoms. The molecule has 4 heteroatoms. The first-order valence-corrected chi connectivity index (χ1v) is 5.15. The summed E-state index contributed by atoms with van der Waals surface area (Å²) in [5.74, 6) is 6.09. The standard InChI is InChI=1S/C5H11NOS2/c1-5(2)4(7-6)3-8-9-5/h4H,3,6H2,1-2H3. The molecular formula is C5H11NOS2. The first-order valence-electron chi connectivity index (χ1n) is 2.83. The Hall–Kier alpha value is 0.620. The Kier molecular flexibility index (Phi) is 2.32. The zero-order valence-corrected chi connectivity index (χ0v) is 7.22. The van der Waals surface area contributed by atoms with Gasteiger partial charge in [0.2, 0.25) is 0 Å². The highest BCUT2D eigenvalue weighted by atomic mass is 33.1. The lowest BCUT2D eigenvalue weighted by Crippen LogP contribution is -2.34. The zero-order chi connectivity index (χ0) is 6.91. The maximum absolute atomic E-state index is 5.08. The van der Waals surface area contributed by atoms with Gasteiger partial charge < -0.3 is 0 Å². The van der Waals surface area contributed by atoms with Crippen molar-refractivity contribution in [3.05, 3.63) is 0 Å². The van der Waals surface area contributed by atoms with Crippen molar-refractivity contribution in [2.45, 2.75) is 24.7 Å². The van der Waals surface area contributed by atoms with Crippen LogP contribution >= 0.6 is 21.6 Å². The van der Waals surface area contributed by atoms with Crippen LogP contribution in [0.4, 0.5) is 0 Å². The third-order valence-corrected chi connectivity index (χ3v) is 4.73. The van der Waals surface area contributed by atoms with Gasteiger partial charge in [-0.05, 0) is 13.8 Å². The average Bonchev–Trinajstić information content (AvgIpc) is 2.08. The molecule has 1 rings (SSSR count). The minimum atomic E-state index is 0.194. The molecule has 54 valence electrons. The highest BCUT2D eigenvalue weighted by Gasteiger charge is 2.36. The molecule has 0 aromatic heterocycles. The van der Waals surface area contributed by atoms with Crippen LogP contribution in [0.15, 0.2) is 0 Å². The van der Waals surface area contributed by atoms with E-state index in [9.17, 15) is 0 Å². The smallest absolute Gasteiger partial charge is 0.103 e. The average molecular weight is 165 g/mol. The molecule has 1 aliphatic rings. The van der Waals surface area contributed by atoms with E-state index in [2.05, 4.69) is 13.8 Å². The largest absolute Gasteiger partial charge is 0.299 e. The molecule has 1 heterocycles. The van der Waals surface area contributed by atoms with E-state index in [0.717, 1.165) is 5.75 Å². The van der Waals surface area contributed by atoms with Crippen LogP contribution in [-0.4, -0.2) is 16.6 Å². The van der Waals surface area contributed by atoms with E-state index in [1.54, 1.807) is 0 Å². The van der Waals surface area contributed by atoms with Gasteiger partial charge >= 0.3 is 0 Å². The second-order valence-corrected chi connectivity index (χ2v) is 5.59. The van der Waals surface area contributed by atoms with Gasteiger partial charge in [-0.15, -0.1) is 0 Å². The molecule has 1 unspecified atom stereocenters. The predicted molar refractivity (Wildman–Crippen MR) is 43.2 cm³/mol. The SMILES string of the molecule is CC1(C)SSCC1ON. The van der Waals surface area contributed by atoms with Crippen molar-refractivity contribution >= 4 is 21.6 Å². The Morgan fingerprint density at radius 1 is 1.67 bits per heavy atom. The molecule has 1 saturated heterocycles. The van der Waals surface area contributed by atoms with Gasteiger partial charge in [0.1, 0.15) is 6.10 Å². The number of hydrogen-bond acceptors (Lipinski definition) is 4. The van der Waals surface area contributed by atoms with Gasteiger partial charge in [0.15, 0.2) is 0 Å². The van der Waals surface area contributed by atoms with Crippen molar-refractivity contribution in [1.29, 1.82) is 0 Å². The Morgan fingerprint density at radius 3 is 2.56 bits per heavy atom. The Bertz CT molecular complexity index is 107. The van der Waals surface area contributed by atoms with Crippen LogP contribution in [0, 0.1) is 0 Å². The Morgan fingerprint density at radius 2 is 2.33 bits per heavy atom. The molecular weight excluding hydrogens is 154 g/mol. The van der Waals surface area contributed by atoms with Gasteiger partial charge in [-0.25, -0.2) is 5.90 Å². The van der Waals surface area contributed by atoms with Crippen LogP contribution in [0.3, 0.4) is 0 Å². The van der Waals surface area contributed by atoms with Crippen molar-refractivity contribution in [3.8, 4) is 0 Å². The molecule has 1 aliphatic heterocycles. The van der Waals surface area contributed by atoms with Gasteiger partial charge in [0.05, 0.1) is 0 Å². The molecule has 1 atom stereocenters. The van der Waals surface area contributed by atoms with Gasteiger partial charge in [-0.2, -0.15) is 0 Å². The lowest BCUT2D eigenvalue weighted by atomic mass is 10.1. The quantitative estimate of drug-likeness (QED) is 0.471. The molecule has 2 nitrogen and oxygen atoms in total. The van der Waals surface area contributed by atoms with E-state index in [1.165, 1.54) is 0 Å². The van der Waals surface area contributed by atoms with Crippen molar-refractivity contribution < 1.29 is 4.84 Å². The van der Waals surface area contributed by atoms with E-state index in [1.807, 2.05) is 21.6 Å². The second kappa shape index (κ2) is 2.70. The molecule has 1 fully saturated rings. The molecule has 0 saturated carbocycles. The molecule has 0 aromatic rings. The third kappa shape index (κ3) is 1.55. The van der Waals surface area contributed by atoms with Crippen LogP contribution in [0.25, 0.3) is 0 Å². The normalized spacial score (nSPS) is 33.0. The zero-order valence-electron chi connectivity index (χ0n) is 5.59. The summed E-state index contributed by atoms with van der Waals surface area (Å²) in [6, 6.07) is 0. The van der Waals surface area contributed by atoms with E-state index < -0.39 is 0 Å². The monoisotopic (exact) mass is 165 g/mol. The van der Waals surface area contributed by atoms with Gasteiger partial charge in [-0.1, -0.05) is 21.6 Å². The number of rotatable bonds is 1. The summed E-state index contributed by atoms with van der Waals surface area (Å²) >= 11 is 0. The first-order chi connectivity index (χ1) is 4.17. The summed E-state index contributed by atoms with van der Waals surface area (Å²) in [5, 5.41) is 0. The number of nitrogens with two attached hydrogens (primary N) is 1. The van der Waals surface area contributed by atoms with Crippen LogP contribution in [-0.2, 0) is 4.84 Å². The fourth-order valence-corrected chi connectivity index (χ4v) is 3.86. The van der Waals surface area contributed by atoms with Crippen LogP contribution in [0.5, 0.6) is 0 Å². The minimum absolute atomic E-state index is 0.194. The summed E-state index contributed by atoms with van der Waals surface area (Å²) < 4.78 is 0.194. The van der Waals surface area contributed by atoms with Gasteiger partial charge in [-0.3, -0.25) is 4.84 Å². The molecule has 0 amide bonds. The summed E-state index contributed by atoms with van der Waals surface area (Å²) in [7, 11) is 3.67. The van der Waals surface area contributed by atoms with Crippen molar-refractivity contribution in [2.75, 3.05) is 5.75 Å². The maximum atomic E-state index is 5.08. The Labute approximate surface area is 63.2 Å². The fourth-order valence-electron chi connectivity index (χ4n) is 0.705. The van der Waals surface area contributed by atoms with Gasteiger partial charge in [0.25, 0.3) is 0 Å². The summed E-state index contributed by atoms with van der Waals surface area (Å²) in [6.07, 6.45) is 0.215. The highest BCUT2D eigenvalue weighted by molar-refractivity contribution is 8.77. The molecule has 0 aromatic carbocycles. The highest BCUT2D eigenvalue weighted by Crippen LogP contribution is 2.46. The lowest BCUT2D eigenvalue weighted by molar-refractivity contribution is 0.0519. The summed E-state index contributed by atoms with van der Waals surface area (Å²) in [6.45, 7) is 4.30. The van der Waals surface area contributed by atoms with Gasteiger partial charge in [0, 0.05) is 10.5 Å². The van der Waals surface area contributed by atoms with Crippen molar-refractivity contribution in [1.82, 2.24) is 0 Å².